The van der Waals surface area contributed by atoms with Gasteiger partial charge in [-0.2, -0.15) is 0 Å². The maximum atomic E-state index is 12.5. The van der Waals surface area contributed by atoms with Crippen molar-refractivity contribution in [2.24, 2.45) is 7.05 Å². The number of fused-ring (bicyclic) bond motifs is 1. The van der Waals surface area contributed by atoms with Gasteiger partial charge in [-0.25, -0.2) is 0 Å². The largest absolute Gasteiger partial charge is 0.357 e. The predicted molar refractivity (Wildman–Crippen MR) is 76.2 cm³/mol. The lowest BCUT2D eigenvalue weighted by molar-refractivity contribution is -0.118. The van der Waals surface area contributed by atoms with Gasteiger partial charge in [0.25, 0.3) is 0 Å². The zero-order chi connectivity index (χ0) is 13.4. The van der Waals surface area contributed by atoms with Crippen LogP contribution in [0.3, 0.4) is 0 Å². The zero-order valence-electron chi connectivity index (χ0n) is 11.3. The van der Waals surface area contributed by atoms with E-state index in [2.05, 4.69) is 13.0 Å². The van der Waals surface area contributed by atoms with Crippen LogP contribution in [0, 0.1) is 0 Å². The molecular weight excluding hydrogens is 236 g/mol. The average Bonchev–Trinajstić information content (AvgIpc) is 2.91. The topological polar surface area (TPSA) is 25.2 Å². The first-order chi connectivity index (χ1) is 9.15. The fourth-order valence-electron chi connectivity index (χ4n) is 2.87. The molecule has 1 aliphatic heterocycles. The van der Waals surface area contributed by atoms with E-state index in [1.807, 2.05) is 53.2 Å². The first-order valence-electron chi connectivity index (χ1n) is 6.66. The number of aryl methyl sites for hydroxylation is 1. The maximum absolute atomic E-state index is 12.5. The number of carbonyl (C=O) groups excluding carboxylic acids is 1. The van der Waals surface area contributed by atoms with Crippen molar-refractivity contribution < 1.29 is 4.79 Å². The molecule has 0 radical (unpaired) electrons. The van der Waals surface area contributed by atoms with Gasteiger partial charge in [0.05, 0.1) is 6.42 Å². The quantitative estimate of drug-likeness (QED) is 0.808. The predicted octanol–water partition coefficient (Wildman–Crippen LogP) is 2.55. The highest BCUT2D eigenvalue weighted by atomic mass is 16.2. The monoisotopic (exact) mass is 254 g/mol. The standard InChI is InChI=1S/C16H18N2O/c1-12-9-14-5-3-4-6-15(14)18(12)16(19)10-13-7-8-17(2)11-13/h3-8,11-12H,9-10H2,1-2H3. The van der Waals surface area contributed by atoms with Crippen LogP contribution in [-0.4, -0.2) is 16.5 Å². The Morgan fingerprint density at radius 2 is 2.11 bits per heavy atom. The molecule has 3 rings (SSSR count). The van der Waals surface area contributed by atoms with Crippen molar-refractivity contribution >= 4 is 11.6 Å². The molecule has 2 aromatic rings. The molecule has 19 heavy (non-hydrogen) atoms. The van der Waals surface area contributed by atoms with E-state index in [0.717, 1.165) is 17.7 Å². The van der Waals surface area contributed by atoms with Gasteiger partial charge in [-0.05, 0) is 36.6 Å². The number of rotatable bonds is 2. The van der Waals surface area contributed by atoms with E-state index in [1.165, 1.54) is 5.56 Å². The van der Waals surface area contributed by atoms with Gasteiger partial charge in [-0.3, -0.25) is 4.79 Å². The second kappa shape index (κ2) is 4.57. The molecule has 1 aromatic heterocycles. The Bertz CT molecular complexity index is 615. The van der Waals surface area contributed by atoms with Crippen LogP contribution in [0.2, 0.25) is 0 Å². The molecule has 0 fully saturated rings. The number of aromatic nitrogens is 1. The first kappa shape index (κ1) is 12.0. The molecule has 0 N–H and O–H groups in total. The van der Waals surface area contributed by atoms with E-state index in [1.54, 1.807) is 0 Å². The third-order valence-corrected chi connectivity index (χ3v) is 3.72. The van der Waals surface area contributed by atoms with Crippen LogP contribution in [0.1, 0.15) is 18.1 Å². The lowest BCUT2D eigenvalue weighted by Gasteiger charge is -2.22. The summed E-state index contributed by atoms with van der Waals surface area (Å²) >= 11 is 0. The molecule has 0 aliphatic carbocycles. The van der Waals surface area contributed by atoms with E-state index in [9.17, 15) is 4.79 Å². The maximum Gasteiger partial charge on any atom is 0.231 e. The Hall–Kier alpha value is -2.03. The summed E-state index contributed by atoms with van der Waals surface area (Å²) in [7, 11) is 1.97. The summed E-state index contributed by atoms with van der Waals surface area (Å²) in [6, 6.07) is 10.5. The van der Waals surface area contributed by atoms with Gasteiger partial charge in [0.15, 0.2) is 0 Å². The summed E-state index contributed by atoms with van der Waals surface area (Å²) in [4.78, 5) is 14.5. The molecule has 1 aromatic carbocycles. The fourth-order valence-corrected chi connectivity index (χ4v) is 2.87. The van der Waals surface area contributed by atoms with Crippen LogP contribution in [0.25, 0.3) is 0 Å². The van der Waals surface area contributed by atoms with Gasteiger partial charge in [0.1, 0.15) is 0 Å². The molecular formula is C16H18N2O. The minimum absolute atomic E-state index is 0.184. The fraction of sp³-hybridized carbons (Fsp3) is 0.312. The van der Waals surface area contributed by atoms with Gasteiger partial charge in [0.2, 0.25) is 5.91 Å². The molecule has 98 valence electrons. The highest BCUT2D eigenvalue weighted by molar-refractivity contribution is 5.97. The van der Waals surface area contributed by atoms with E-state index in [-0.39, 0.29) is 11.9 Å². The molecule has 0 spiro atoms. The van der Waals surface area contributed by atoms with Crippen LogP contribution in [0.5, 0.6) is 0 Å². The summed E-state index contributed by atoms with van der Waals surface area (Å²) in [5.41, 5.74) is 3.43. The zero-order valence-corrected chi connectivity index (χ0v) is 11.3. The van der Waals surface area contributed by atoms with E-state index < -0.39 is 0 Å². The van der Waals surface area contributed by atoms with Crippen LogP contribution in [-0.2, 0) is 24.7 Å². The van der Waals surface area contributed by atoms with Crippen LogP contribution in [0.4, 0.5) is 5.69 Å². The summed E-state index contributed by atoms with van der Waals surface area (Å²) in [5.74, 6) is 0.184. The Morgan fingerprint density at radius 1 is 1.32 bits per heavy atom. The van der Waals surface area contributed by atoms with Gasteiger partial charge >= 0.3 is 0 Å². The first-order valence-corrected chi connectivity index (χ1v) is 6.66. The number of hydrogen-bond donors (Lipinski definition) is 0. The van der Waals surface area contributed by atoms with Crippen molar-refractivity contribution in [2.75, 3.05) is 4.90 Å². The van der Waals surface area contributed by atoms with Crippen LogP contribution >= 0.6 is 0 Å². The average molecular weight is 254 g/mol. The van der Waals surface area contributed by atoms with Crippen molar-refractivity contribution in [3.63, 3.8) is 0 Å². The minimum atomic E-state index is 0.184. The normalized spacial score (nSPS) is 17.6. The number of benzene rings is 1. The van der Waals surface area contributed by atoms with Gasteiger partial charge in [-0.15, -0.1) is 0 Å². The molecule has 3 nitrogen and oxygen atoms in total. The van der Waals surface area contributed by atoms with Crippen molar-refractivity contribution in [1.29, 1.82) is 0 Å². The third kappa shape index (κ3) is 2.16. The molecule has 1 atom stereocenters. The summed E-state index contributed by atoms with van der Waals surface area (Å²) in [6.07, 6.45) is 5.41. The Balaban J connectivity index is 1.84. The Kier molecular flexibility index (Phi) is 2.90. The number of anilines is 1. The molecule has 2 heterocycles. The lowest BCUT2D eigenvalue weighted by Crippen LogP contribution is -2.36. The second-order valence-electron chi connectivity index (χ2n) is 5.31. The lowest BCUT2D eigenvalue weighted by atomic mass is 10.1. The van der Waals surface area contributed by atoms with Gasteiger partial charge in [0, 0.05) is 31.2 Å². The van der Waals surface area contributed by atoms with E-state index in [4.69, 9.17) is 0 Å². The van der Waals surface area contributed by atoms with Crippen LogP contribution in [0.15, 0.2) is 42.7 Å². The molecule has 1 amide bonds. The van der Waals surface area contributed by atoms with Crippen molar-refractivity contribution in [1.82, 2.24) is 4.57 Å². The molecule has 3 heteroatoms. The minimum Gasteiger partial charge on any atom is -0.357 e. The van der Waals surface area contributed by atoms with Crippen LogP contribution < -0.4 is 4.90 Å². The second-order valence-corrected chi connectivity index (χ2v) is 5.31. The number of hydrogen-bond acceptors (Lipinski definition) is 1. The van der Waals surface area contributed by atoms with Gasteiger partial charge < -0.3 is 9.47 Å². The SMILES string of the molecule is CC1Cc2ccccc2N1C(=O)Cc1ccn(C)c1. The van der Waals surface area contributed by atoms with Crippen molar-refractivity contribution in [2.45, 2.75) is 25.8 Å². The van der Waals surface area contributed by atoms with Crippen molar-refractivity contribution in [3.05, 3.63) is 53.9 Å². The molecule has 0 bridgehead atoms. The molecule has 1 aliphatic rings. The molecule has 0 saturated carbocycles. The van der Waals surface area contributed by atoms with Gasteiger partial charge in [-0.1, -0.05) is 18.2 Å². The van der Waals surface area contributed by atoms with E-state index >= 15 is 0 Å². The molecule has 0 saturated heterocycles. The smallest absolute Gasteiger partial charge is 0.231 e. The Morgan fingerprint density at radius 3 is 2.84 bits per heavy atom. The summed E-state index contributed by atoms with van der Waals surface area (Å²) in [6.45, 7) is 2.11. The summed E-state index contributed by atoms with van der Waals surface area (Å²) < 4.78 is 1.98. The summed E-state index contributed by atoms with van der Waals surface area (Å²) in [5, 5.41) is 0. The highest BCUT2D eigenvalue weighted by Gasteiger charge is 2.30. The highest BCUT2D eigenvalue weighted by Crippen LogP contribution is 2.32. The molecule has 1 unspecified atom stereocenters. The van der Waals surface area contributed by atoms with Crippen molar-refractivity contribution in [3.8, 4) is 0 Å². The number of nitrogens with zero attached hydrogens (tertiary/aromatic N) is 2. The number of carbonyl (C=O) groups is 1. The Labute approximate surface area is 113 Å². The van der Waals surface area contributed by atoms with E-state index in [0.29, 0.717) is 6.42 Å². The number of amides is 1. The number of para-hydroxylation sites is 1. The third-order valence-electron chi connectivity index (χ3n) is 3.72.